The van der Waals surface area contributed by atoms with E-state index in [0.29, 0.717) is 0 Å². The molecule has 84 valence electrons. The van der Waals surface area contributed by atoms with E-state index in [1.54, 1.807) is 4.68 Å². The normalized spacial score (nSPS) is 10.4. The lowest BCUT2D eigenvalue weighted by atomic mass is 10.4. The van der Waals surface area contributed by atoms with E-state index >= 15 is 0 Å². The zero-order chi connectivity index (χ0) is 11.7. The second-order valence-electron chi connectivity index (χ2n) is 3.50. The Bertz CT molecular complexity index is 508. The van der Waals surface area contributed by atoms with Crippen molar-refractivity contribution < 1.29 is 9.21 Å². The lowest BCUT2D eigenvalue weighted by Crippen LogP contribution is -2.24. The summed E-state index contributed by atoms with van der Waals surface area (Å²) in [5, 5.41) is 0.200. The Morgan fingerprint density at radius 3 is 2.38 bits per heavy atom. The van der Waals surface area contributed by atoms with Crippen molar-refractivity contribution in [2.75, 3.05) is 5.43 Å². The lowest BCUT2D eigenvalue weighted by Gasteiger charge is -2.09. The van der Waals surface area contributed by atoms with E-state index in [1.165, 1.54) is 12.1 Å². The van der Waals surface area contributed by atoms with Crippen LogP contribution in [0, 0.1) is 13.8 Å². The van der Waals surface area contributed by atoms with Crippen molar-refractivity contribution >= 4 is 17.5 Å². The van der Waals surface area contributed by atoms with Crippen molar-refractivity contribution in [2.45, 2.75) is 13.8 Å². The molecule has 16 heavy (non-hydrogen) atoms. The second kappa shape index (κ2) is 4.06. The van der Waals surface area contributed by atoms with Crippen molar-refractivity contribution in [1.82, 2.24) is 4.68 Å². The summed E-state index contributed by atoms with van der Waals surface area (Å²) in [6, 6.07) is 6.91. The Kier molecular flexibility index (Phi) is 2.75. The van der Waals surface area contributed by atoms with E-state index in [0.717, 1.165) is 11.4 Å². The molecule has 2 rings (SSSR count). The quantitative estimate of drug-likeness (QED) is 0.875. The molecule has 0 saturated heterocycles. The number of carbonyl (C=O) groups excluding carboxylic acids is 1. The second-order valence-corrected chi connectivity index (χ2v) is 3.87. The fraction of sp³-hybridized carbons (Fsp3) is 0.182. The molecule has 2 aromatic heterocycles. The van der Waals surface area contributed by atoms with Gasteiger partial charge in [0, 0.05) is 11.4 Å². The number of nitrogens with zero attached hydrogens (tertiary/aromatic N) is 1. The van der Waals surface area contributed by atoms with Gasteiger partial charge < -0.3 is 4.42 Å². The maximum atomic E-state index is 11.7. The smallest absolute Gasteiger partial charge is 0.305 e. The average molecular weight is 239 g/mol. The average Bonchev–Trinajstić information content (AvgIpc) is 2.79. The first-order chi connectivity index (χ1) is 7.58. The molecule has 0 saturated carbocycles. The highest BCUT2D eigenvalue weighted by Gasteiger charge is 2.12. The Morgan fingerprint density at radius 1 is 1.25 bits per heavy atom. The van der Waals surface area contributed by atoms with Crippen LogP contribution in [0.25, 0.3) is 0 Å². The van der Waals surface area contributed by atoms with Gasteiger partial charge in [0.15, 0.2) is 11.0 Å². The highest BCUT2D eigenvalue weighted by atomic mass is 35.5. The predicted octanol–water partition coefficient (Wildman–Crippen LogP) is 2.74. The van der Waals surface area contributed by atoms with Crippen LogP contribution in [0.5, 0.6) is 0 Å². The third-order valence-electron chi connectivity index (χ3n) is 2.28. The van der Waals surface area contributed by atoms with E-state index in [-0.39, 0.29) is 16.9 Å². The molecule has 0 bridgehead atoms. The van der Waals surface area contributed by atoms with Crippen LogP contribution in [-0.4, -0.2) is 10.6 Å². The van der Waals surface area contributed by atoms with Gasteiger partial charge in [-0.3, -0.25) is 14.9 Å². The number of carbonyl (C=O) groups is 1. The van der Waals surface area contributed by atoms with Crippen molar-refractivity contribution in [2.24, 2.45) is 0 Å². The van der Waals surface area contributed by atoms with Crippen LogP contribution in [0.3, 0.4) is 0 Å². The molecule has 2 aromatic rings. The number of hydrogen-bond acceptors (Lipinski definition) is 2. The Balaban J connectivity index is 2.20. The summed E-state index contributed by atoms with van der Waals surface area (Å²) in [6.45, 7) is 3.81. The molecule has 0 radical (unpaired) electrons. The first-order valence-electron chi connectivity index (χ1n) is 4.79. The monoisotopic (exact) mass is 238 g/mol. The summed E-state index contributed by atoms with van der Waals surface area (Å²) in [5.74, 6) is -0.133. The summed E-state index contributed by atoms with van der Waals surface area (Å²) in [5.41, 5.74) is 4.61. The van der Waals surface area contributed by atoms with Gasteiger partial charge in [0.1, 0.15) is 0 Å². The lowest BCUT2D eigenvalue weighted by molar-refractivity contribution is 0.0981. The SMILES string of the molecule is Cc1ccc(C)n1NC(=O)c1ccc(Cl)o1. The van der Waals surface area contributed by atoms with E-state index in [1.807, 2.05) is 26.0 Å². The van der Waals surface area contributed by atoms with Crippen molar-refractivity contribution in [3.8, 4) is 0 Å². The van der Waals surface area contributed by atoms with Gasteiger partial charge in [-0.15, -0.1) is 0 Å². The first-order valence-corrected chi connectivity index (χ1v) is 5.17. The minimum atomic E-state index is -0.325. The third-order valence-corrected chi connectivity index (χ3v) is 2.48. The number of nitrogens with one attached hydrogen (secondary N) is 1. The van der Waals surface area contributed by atoms with Gasteiger partial charge in [-0.25, -0.2) is 0 Å². The molecule has 0 aliphatic rings. The number of hydrogen-bond donors (Lipinski definition) is 1. The summed E-state index contributed by atoms with van der Waals surface area (Å²) in [7, 11) is 0. The molecule has 4 nitrogen and oxygen atoms in total. The van der Waals surface area contributed by atoms with Gasteiger partial charge in [-0.05, 0) is 49.7 Å². The number of aromatic nitrogens is 1. The topological polar surface area (TPSA) is 47.2 Å². The van der Waals surface area contributed by atoms with Gasteiger partial charge in [0.2, 0.25) is 0 Å². The minimum Gasteiger partial charge on any atom is -0.439 e. The van der Waals surface area contributed by atoms with Gasteiger partial charge >= 0.3 is 5.91 Å². The molecule has 1 N–H and O–H groups in total. The van der Waals surface area contributed by atoms with E-state index in [2.05, 4.69) is 5.43 Å². The van der Waals surface area contributed by atoms with Crippen LogP contribution in [0.4, 0.5) is 0 Å². The summed E-state index contributed by atoms with van der Waals surface area (Å²) in [4.78, 5) is 11.7. The van der Waals surface area contributed by atoms with Crippen LogP contribution in [0.15, 0.2) is 28.7 Å². The minimum absolute atomic E-state index is 0.192. The zero-order valence-electron chi connectivity index (χ0n) is 8.95. The van der Waals surface area contributed by atoms with Gasteiger partial charge in [0.05, 0.1) is 0 Å². The standard InChI is InChI=1S/C11H11ClN2O2/c1-7-3-4-8(2)14(7)13-11(15)9-5-6-10(12)16-9/h3-6H,1-2H3,(H,13,15). The predicted molar refractivity (Wildman–Crippen MR) is 61.3 cm³/mol. The molecule has 0 aromatic carbocycles. The van der Waals surface area contributed by atoms with Gasteiger partial charge in [0.25, 0.3) is 0 Å². The van der Waals surface area contributed by atoms with E-state index in [9.17, 15) is 4.79 Å². The molecule has 5 heteroatoms. The molecule has 0 atom stereocenters. The number of rotatable bonds is 2. The zero-order valence-corrected chi connectivity index (χ0v) is 9.71. The molecule has 0 spiro atoms. The molecule has 0 unspecified atom stereocenters. The van der Waals surface area contributed by atoms with Gasteiger partial charge in [-0.1, -0.05) is 0 Å². The fourth-order valence-corrected chi connectivity index (χ4v) is 1.58. The van der Waals surface area contributed by atoms with Crippen LogP contribution < -0.4 is 5.43 Å². The molecule has 1 amide bonds. The van der Waals surface area contributed by atoms with Crippen molar-refractivity contribution in [1.29, 1.82) is 0 Å². The highest BCUT2D eigenvalue weighted by molar-refractivity contribution is 6.29. The van der Waals surface area contributed by atoms with Crippen molar-refractivity contribution in [3.05, 3.63) is 46.6 Å². The third kappa shape index (κ3) is 1.97. The van der Waals surface area contributed by atoms with E-state index < -0.39 is 0 Å². The number of amides is 1. The molecule has 0 aliphatic heterocycles. The largest absolute Gasteiger partial charge is 0.439 e. The Labute approximate surface area is 97.8 Å². The van der Waals surface area contributed by atoms with Crippen LogP contribution in [-0.2, 0) is 0 Å². The summed E-state index contributed by atoms with van der Waals surface area (Å²) >= 11 is 5.60. The highest BCUT2D eigenvalue weighted by Crippen LogP contribution is 2.13. The molecule has 0 aliphatic carbocycles. The number of halogens is 1. The van der Waals surface area contributed by atoms with Crippen LogP contribution in [0.1, 0.15) is 21.9 Å². The molecule has 0 fully saturated rings. The summed E-state index contributed by atoms with van der Waals surface area (Å²) < 4.78 is 6.71. The Morgan fingerprint density at radius 2 is 1.88 bits per heavy atom. The molecule has 2 heterocycles. The fourth-order valence-electron chi connectivity index (χ4n) is 1.44. The van der Waals surface area contributed by atoms with Crippen LogP contribution >= 0.6 is 11.6 Å². The van der Waals surface area contributed by atoms with Crippen LogP contribution in [0.2, 0.25) is 5.22 Å². The molecular weight excluding hydrogens is 228 g/mol. The Hall–Kier alpha value is -1.68. The maximum Gasteiger partial charge on any atom is 0.305 e. The number of furan rings is 1. The maximum absolute atomic E-state index is 11.7. The first kappa shape index (κ1) is 10.8. The van der Waals surface area contributed by atoms with Gasteiger partial charge in [-0.2, -0.15) is 0 Å². The van der Waals surface area contributed by atoms with E-state index in [4.69, 9.17) is 16.0 Å². The molecular formula is C11H11ClN2O2. The number of aryl methyl sites for hydroxylation is 2. The summed E-state index contributed by atoms with van der Waals surface area (Å²) in [6.07, 6.45) is 0. The van der Waals surface area contributed by atoms with Crippen molar-refractivity contribution in [3.63, 3.8) is 0 Å².